The highest BCUT2D eigenvalue weighted by atomic mass is 16.6. The molecule has 0 unspecified atom stereocenters. The Balaban J connectivity index is 3.84. The Labute approximate surface area is 164 Å². The average molecular weight is 389 g/mol. The first-order valence-electron chi connectivity index (χ1n) is 9.70. The number of esters is 2. The lowest BCUT2D eigenvalue weighted by Gasteiger charge is -2.23. The van der Waals surface area contributed by atoms with Crippen molar-refractivity contribution in [2.75, 3.05) is 52.4 Å². The number of ether oxygens (including phenoxy) is 2. The van der Waals surface area contributed by atoms with Gasteiger partial charge in [-0.1, -0.05) is 0 Å². The zero-order chi connectivity index (χ0) is 20.9. The van der Waals surface area contributed by atoms with Crippen LogP contribution in [0.15, 0.2) is 0 Å². The van der Waals surface area contributed by atoms with Gasteiger partial charge in [0.05, 0.1) is 13.0 Å². The lowest BCUT2D eigenvalue weighted by molar-refractivity contribution is -0.155. The van der Waals surface area contributed by atoms with Gasteiger partial charge in [0.2, 0.25) is 0 Å². The Morgan fingerprint density at radius 1 is 0.815 bits per heavy atom. The second kappa shape index (κ2) is 13.0. The molecule has 0 saturated heterocycles. The predicted molar refractivity (Wildman–Crippen MR) is 108 cm³/mol. The fraction of sp³-hybridized carbons (Fsp3) is 0.895. The van der Waals surface area contributed by atoms with Crippen molar-refractivity contribution in [2.45, 2.75) is 59.2 Å². The summed E-state index contributed by atoms with van der Waals surface area (Å²) in [5, 5.41) is 6.36. The first-order chi connectivity index (χ1) is 12.4. The van der Waals surface area contributed by atoms with Gasteiger partial charge in [0.25, 0.3) is 0 Å². The van der Waals surface area contributed by atoms with Crippen molar-refractivity contribution >= 4 is 11.9 Å². The van der Waals surface area contributed by atoms with Crippen LogP contribution in [-0.2, 0) is 19.1 Å². The first-order valence-corrected chi connectivity index (χ1v) is 9.70. The summed E-state index contributed by atoms with van der Waals surface area (Å²) < 4.78 is 10.5. The van der Waals surface area contributed by atoms with E-state index >= 15 is 0 Å². The SMILES string of the molecule is CC(C)(C)OC(=O)CCN(CCN)CCNCCNCC(=O)OC(C)(C)C. The molecule has 0 aromatic heterocycles. The third kappa shape index (κ3) is 17.9. The zero-order valence-corrected chi connectivity index (χ0v) is 18.0. The molecule has 0 aliphatic rings. The van der Waals surface area contributed by atoms with Crippen molar-refractivity contribution in [2.24, 2.45) is 5.73 Å². The van der Waals surface area contributed by atoms with Crippen LogP contribution in [0.25, 0.3) is 0 Å². The second-order valence-electron chi connectivity index (χ2n) is 8.48. The summed E-state index contributed by atoms with van der Waals surface area (Å²) in [5.74, 6) is -0.442. The third-order valence-corrected chi connectivity index (χ3v) is 3.27. The van der Waals surface area contributed by atoms with E-state index in [4.69, 9.17) is 15.2 Å². The summed E-state index contributed by atoms with van der Waals surface area (Å²) >= 11 is 0. The monoisotopic (exact) mass is 388 g/mol. The smallest absolute Gasteiger partial charge is 0.320 e. The Bertz CT molecular complexity index is 430. The van der Waals surface area contributed by atoms with E-state index in [-0.39, 0.29) is 18.5 Å². The Hall–Kier alpha value is -1.22. The Kier molecular flexibility index (Phi) is 12.5. The van der Waals surface area contributed by atoms with Crippen molar-refractivity contribution in [3.63, 3.8) is 0 Å². The first kappa shape index (κ1) is 25.8. The van der Waals surface area contributed by atoms with E-state index < -0.39 is 11.2 Å². The molecule has 27 heavy (non-hydrogen) atoms. The molecule has 0 amide bonds. The molecule has 0 fully saturated rings. The molecule has 160 valence electrons. The molecule has 0 radical (unpaired) electrons. The van der Waals surface area contributed by atoms with Gasteiger partial charge < -0.3 is 30.7 Å². The third-order valence-electron chi connectivity index (χ3n) is 3.27. The molecule has 0 heterocycles. The van der Waals surface area contributed by atoms with Gasteiger partial charge >= 0.3 is 11.9 Å². The number of nitrogens with one attached hydrogen (secondary N) is 2. The number of hydrogen-bond acceptors (Lipinski definition) is 8. The molecule has 0 aliphatic heterocycles. The van der Waals surface area contributed by atoms with Crippen molar-refractivity contribution in [1.29, 1.82) is 0 Å². The molecule has 0 aromatic rings. The predicted octanol–water partition coefficient (Wildman–Crippen LogP) is 0.500. The minimum absolute atomic E-state index is 0.191. The highest BCUT2D eigenvalue weighted by Crippen LogP contribution is 2.08. The van der Waals surface area contributed by atoms with Crippen molar-refractivity contribution < 1.29 is 19.1 Å². The number of carbonyl (C=O) groups excluding carboxylic acids is 2. The Morgan fingerprint density at radius 3 is 1.93 bits per heavy atom. The molecule has 0 aromatic carbocycles. The molecular formula is C19H40N4O4. The molecule has 0 bridgehead atoms. The van der Waals surface area contributed by atoms with Crippen molar-refractivity contribution in [3.05, 3.63) is 0 Å². The van der Waals surface area contributed by atoms with Crippen LogP contribution in [0.5, 0.6) is 0 Å². The molecule has 0 spiro atoms. The van der Waals surface area contributed by atoms with Crippen LogP contribution in [0.2, 0.25) is 0 Å². The molecule has 0 aliphatic carbocycles. The summed E-state index contributed by atoms with van der Waals surface area (Å²) in [7, 11) is 0. The molecular weight excluding hydrogens is 348 g/mol. The van der Waals surface area contributed by atoms with E-state index in [1.807, 2.05) is 41.5 Å². The maximum absolute atomic E-state index is 11.8. The molecule has 4 N–H and O–H groups in total. The minimum atomic E-state index is -0.456. The van der Waals surface area contributed by atoms with E-state index in [1.165, 1.54) is 0 Å². The van der Waals surface area contributed by atoms with E-state index in [1.54, 1.807) is 0 Å². The lowest BCUT2D eigenvalue weighted by atomic mass is 10.2. The normalized spacial score (nSPS) is 12.3. The van der Waals surface area contributed by atoms with Gasteiger partial charge in [-0.15, -0.1) is 0 Å². The van der Waals surface area contributed by atoms with Gasteiger partial charge in [-0.25, -0.2) is 0 Å². The zero-order valence-electron chi connectivity index (χ0n) is 18.0. The summed E-state index contributed by atoms with van der Waals surface area (Å²) in [4.78, 5) is 25.5. The number of carbonyl (C=O) groups is 2. The fourth-order valence-electron chi connectivity index (χ4n) is 2.27. The van der Waals surface area contributed by atoms with Gasteiger partial charge in [-0.3, -0.25) is 9.59 Å². The van der Waals surface area contributed by atoms with E-state index in [0.29, 0.717) is 26.1 Å². The summed E-state index contributed by atoms with van der Waals surface area (Å²) in [5.41, 5.74) is 4.74. The second-order valence-corrected chi connectivity index (χ2v) is 8.48. The van der Waals surface area contributed by atoms with Gasteiger partial charge in [-0.05, 0) is 41.5 Å². The highest BCUT2D eigenvalue weighted by Gasteiger charge is 2.17. The summed E-state index contributed by atoms with van der Waals surface area (Å²) in [6.45, 7) is 16.3. The van der Waals surface area contributed by atoms with Crippen molar-refractivity contribution in [1.82, 2.24) is 15.5 Å². The summed E-state index contributed by atoms with van der Waals surface area (Å²) in [6, 6.07) is 0. The van der Waals surface area contributed by atoms with E-state index in [2.05, 4.69) is 15.5 Å². The molecule has 0 saturated carbocycles. The molecule has 0 rings (SSSR count). The van der Waals surface area contributed by atoms with Crippen molar-refractivity contribution in [3.8, 4) is 0 Å². The maximum Gasteiger partial charge on any atom is 0.320 e. The highest BCUT2D eigenvalue weighted by molar-refractivity contribution is 5.72. The number of hydrogen-bond donors (Lipinski definition) is 3. The van der Waals surface area contributed by atoms with Gasteiger partial charge in [0, 0.05) is 45.8 Å². The fourth-order valence-corrected chi connectivity index (χ4v) is 2.27. The molecule has 8 heteroatoms. The lowest BCUT2D eigenvalue weighted by Crippen LogP contribution is -2.39. The topological polar surface area (TPSA) is 106 Å². The van der Waals surface area contributed by atoms with Crippen LogP contribution in [0.4, 0.5) is 0 Å². The van der Waals surface area contributed by atoms with Crippen LogP contribution >= 0.6 is 0 Å². The summed E-state index contributed by atoms with van der Waals surface area (Å²) in [6.07, 6.45) is 0.356. The number of nitrogens with zero attached hydrogens (tertiary/aromatic N) is 1. The largest absolute Gasteiger partial charge is 0.460 e. The molecule has 8 nitrogen and oxygen atoms in total. The number of nitrogens with two attached hydrogens (primary N) is 1. The standard InChI is InChI=1S/C19H40N4O4/c1-18(2,3)26-16(24)7-12-23(13-8-20)14-11-21-9-10-22-15-17(25)27-19(4,5)6/h21-22H,7-15,20H2,1-6H3. The van der Waals surface area contributed by atoms with Gasteiger partial charge in [0.15, 0.2) is 0 Å². The Morgan fingerprint density at radius 2 is 1.37 bits per heavy atom. The van der Waals surface area contributed by atoms with Gasteiger partial charge in [-0.2, -0.15) is 0 Å². The maximum atomic E-state index is 11.8. The van der Waals surface area contributed by atoms with Crippen LogP contribution in [0.3, 0.4) is 0 Å². The van der Waals surface area contributed by atoms with E-state index in [9.17, 15) is 9.59 Å². The van der Waals surface area contributed by atoms with Crippen LogP contribution in [0, 0.1) is 0 Å². The van der Waals surface area contributed by atoms with Gasteiger partial charge in [0.1, 0.15) is 11.2 Å². The van der Waals surface area contributed by atoms with Crippen LogP contribution in [-0.4, -0.2) is 80.4 Å². The van der Waals surface area contributed by atoms with Crippen LogP contribution in [0.1, 0.15) is 48.0 Å². The average Bonchev–Trinajstić information content (AvgIpc) is 2.48. The quantitative estimate of drug-likeness (QED) is 0.309. The minimum Gasteiger partial charge on any atom is -0.460 e. The van der Waals surface area contributed by atoms with Crippen LogP contribution < -0.4 is 16.4 Å². The molecule has 0 atom stereocenters. The van der Waals surface area contributed by atoms with E-state index in [0.717, 1.165) is 26.2 Å². The number of rotatable bonds is 13.